The molecule has 5 heteroatoms. The average molecular weight is 316 g/mol. The lowest BCUT2D eigenvalue weighted by Gasteiger charge is -2.18. The van der Waals surface area contributed by atoms with Gasteiger partial charge in [0.1, 0.15) is 11.6 Å². The molecule has 0 heterocycles. The Morgan fingerprint density at radius 3 is 2.35 bits per heavy atom. The molecule has 0 saturated carbocycles. The lowest BCUT2D eigenvalue weighted by molar-refractivity contribution is 0.621. The number of anilines is 1. The lowest BCUT2D eigenvalue weighted by atomic mass is 10.1. The van der Waals surface area contributed by atoms with Gasteiger partial charge in [-0.1, -0.05) is 29.3 Å². The monoisotopic (exact) mass is 315 g/mol. The second kappa shape index (κ2) is 5.98. The number of hydrogen-bond donors (Lipinski definition) is 1. The van der Waals surface area contributed by atoms with Crippen molar-refractivity contribution in [3.8, 4) is 0 Å². The Labute approximate surface area is 126 Å². The van der Waals surface area contributed by atoms with E-state index in [0.717, 1.165) is 5.56 Å². The summed E-state index contributed by atoms with van der Waals surface area (Å²) >= 11 is 11.7. The molecule has 2 rings (SSSR count). The molecule has 1 nitrogen and oxygen atoms in total. The zero-order valence-electron chi connectivity index (χ0n) is 11.0. The first-order valence-corrected chi connectivity index (χ1v) is 6.81. The van der Waals surface area contributed by atoms with Crippen LogP contribution in [0.5, 0.6) is 0 Å². The molecule has 20 heavy (non-hydrogen) atoms. The summed E-state index contributed by atoms with van der Waals surface area (Å²) < 4.78 is 27.3. The summed E-state index contributed by atoms with van der Waals surface area (Å²) in [6, 6.07) is 7.11. The van der Waals surface area contributed by atoms with Gasteiger partial charge in [-0.15, -0.1) is 0 Å². The van der Waals surface area contributed by atoms with Crippen LogP contribution in [0.2, 0.25) is 10.0 Å². The maximum atomic E-state index is 13.8. The first-order chi connectivity index (χ1) is 9.38. The van der Waals surface area contributed by atoms with E-state index in [4.69, 9.17) is 23.2 Å². The van der Waals surface area contributed by atoms with E-state index < -0.39 is 5.82 Å². The third-order valence-electron chi connectivity index (χ3n) is 3.00. The Morgan fingerprint density at radius 1 is 1.00 bits per heavy atom. The Hall–Kier alpha value is -1.32. The molecule has 0 radical (unpaired) electrons. The molecule has 0 saturated heterocycles. The Balaban J connectivity index is 2.28. The lowest BCUT2D eigenvalue weighted by Crippen LogP contribution is -2.09. The van der Waals surface area contributed by atoms with Crippen LogP contribution in [0.15, 0.2) is 30.3 Å². The third-order valence-corrected chi connectivity index (χ3v) is 3.62. The smallest absolute Gasteiger partial charge is 0.146 e. The van der Waals surface area contributed by atoms with Crippen molar-refractivity contribution < 1.29 is 8.78 Å². The highest BCUT2D eigenvalue weighted by Crippen LogP contribution is 2.31. The topological polar surface area (TPSA) is 12.0 Å². The number of halogens is 4. The normalized spacial score (nSPS) is 12.3. The second-order valence-corrected chi connectivity index (χ2v) is 5.45. The maximum Gasteiger partial charge on any atom is 0.146 e. The summed E-state index contributed by atoms with van der Waals surface area (Å²) in [5.41, 5.74) is 1.69. The fraction of sp³-hybridized carbons (Fsp3) is 0.200. The molecule has 0 aromatic heterocycles. The number of rotatable bonds is 3. The molecular formula is C15H13Cl2F2N. The van der Waals surface area contributed by atoms with Crippen LogP contribution in [0.25, 0.3) is 0 Å². The van der Waals surface area contributed by atoms with Crippen LogP contribution in [0.1, 0.15) is 24.1 Å². The van der Waals surface area contributed by atoms with Crippen LogP contribution < -0.4 is 5.32 Å². The van der Waals surface area contributed by atoms with Crippen molar-refractivity contribution in [1.82, 2.24) is 0 Å². The van der Waals surface area contributed by atoms with Crippen molar-refractivity contribution in [2.75, 3.05) is 5.32 Å². The average Bonchev–Trinajstić information content (AvgIpc) is 2.37. The molecule has 0 aliphatic heterocycles. The van der Waals surface area contributed by atoms with Crippen molar-refractivity contribution in [2.45, 2.75) is 19.9 Å². The van der Waals surface area contributed by atoms with Gasteiger partial charge >= 0.3 is 0 Å². The minimum Gasteiger partial charge on any atom is -0.376 e. The Morgan fingerprint density at radius 2 is 1.70 bits per heavy atom. The minimum atomic E-state index is -0.552. The molecule has 2 aromatic rings. The first-order valence-electron chi connectivity index (χ1n) is 6.05. The molecule has 0 fully saturated rings. The van der Waals surface area contributed by atoms with Crippen molar-refractivity contribution in [2.24, 2.45) is 0 Å². The standard InChI is InChI=1S/C15H13Cl2F2N/c1-8-3-4-15(14(19)5-8)20-9(2)10-6-13(18)12(17)7-11(10)16/h3-7,9,20H,1-2H3. The zero-order valence-corrected chi connectivity index (χ0v) is 12.5. The molecular weight excluding hydrogens is 303 g/mol. The molecule has 2 aromatic carbocycles. The molecule has 0 aliphatic rings. The van der Waals surface area contributed by atoms with Crippen LogP contribution in [0, 0.1) is 18.6 Å². The van der Waals surface area contributed by atoms with Gasteiger partial charge in [-0.25, -0.2) is 8.78 Å². The van der Waals surface area contributed by atoms with Crippen molar-refractivity contribution >= 4 is 28.9 Å². The number of hydrogen-bond acceptors (Lipinski definition) is 1. The van der Waals surface area contributed by atoms with E-state index in [1.807, 2.05) is 6.92 Å². The van der Waals surface area contributed by atoms with Gasteiger partial charge in [-0.05, 0) is 49.2 Å². The summed E-state index contributed by atoms with van der Waals surface area (Å²) in [5, 5.41) is 3.27. The van der Waals surface area contributed by atoms with Crippen LogP contribution in [0.3, 0.4) is 0 Å². The summed E-state index contributed by atoms with van der Waals surface area (Å²) in [5.74, 6) is -0.911. The van der Waals surface area contributed by atoms with Gasteiger partial charge in [0.2, 0.25) is 0 Å². The van der Waals surface area contributed by atoms with Gasteiger partial charge in [-0.3, -0.25) is 0 Å². The fourth-order valence-corrected chi connectivity index (χ4v) is 2.46. The number of nitrogens with one attached hydrogen (secondary N) is 1. The van der Waals surface area contributed by atoms with Gasteiger partial charge in [0.05, 0.1) is 16.8 Å². The molecule has 1 N–H and O–H groups in total. The van der Waals surface area contributed by atoms with Gasteiger partial charge in [0.15, 0.2) is 0 Å². The predicted molar refractivity (Wildman–Crippen MR) is 79.6 cm³/mol. The quantitative estimate of drug-likeness (QED) is 0.711. The van der Waals surface area contributed by atoms with Crippen molar-refractivity contribution in [1.29, 1.82) is 0 Å². The third kappa shape index (κ3) is 3.22. The van der Waals surface area contributed by atoms with Crippen LogP contribution in [-0.2, 0) is 0 Å². The predicted octanol–water partition coefficient (Wildman–Crippen LogP) is 5.75. The number of aryl methyl sites for hydroxylation is 1. The van der Waals surface area contributed by atoms with E-state index in [-0.39, 0.29) is 16.9 Å². The van der Waals surface area contributed by atoms with E-state index >= 15 is 0 Å². The van der Waals surface area contributed by atoms with E-state index in [1.54, 1.807) is 19.1 Å². The van der Waals surface area contributed by atoms with Crippen molar-refractivity contribution in [3.63, 3.8) is 0 Å². The summed E-state index contributed by atoms with van der Waals surface area (Å²) in [6.45, 7) is 3.58. The Kier molecular flexibility index (Phi) is 4.51. The molecule has 0 bridgehead atoms. The van der Waals surface area contributed by atoms with Crippen LogP contribution >= 0.6 is 23.2 Å². The second-order valence-electron chi connectivity index (χ2n) is 4.64. The van der Waals surface area contributed by atoms with Gasteiger partial charge in [0.25, 0.3) is 0 Å². The first kappa shape index (κ1) is 15.1. The summed E-state index contributed by atoms with van der Waals surface area (Å²) in [7, 11) is 0. The molecule has 1 unspecified atom stereocenters. The zero-order chi connectivity index (χ0) is 14.9. The van der Waals surface area contributed by atoms with Gasteiger partial charge in [-0.2, -0.15) is 0 Å². The molecule has 1 atom stereocenters. The van der Waals surface area contributed by atoms with E-state index in [1.165, 1.54) is 18.2 Å². The van der Waals surface area contributed by atoms with Crippen LogP contribution in [0.4, 0.5) is 14.5 Å². The molecule has 0 amide bonds. The Bertz CT molecular complexity index is 644. The van der Waals surface area contributed by atoms with E-state index in [9.17, 15) is 8.78 Å². The largest absolute Gasteiger partial charge is 0.376 e. The maximum absolute atomic E-state index is 13.8. The SMILES string of the molecule is Cc1ccc(NC(C)c2cc(F)c(Cl)cc2Cl)c(F)c1. The summed E-state index contributed by atoms with van der Waals surface area (Å²) in [6.07, 6.45) is 0. The highest BCUT2D eigenvalue weighted by atomic mass is 35.5. The molecule has 0 aliphatic carbocycles. The van der Waals surface area contributed by atoms with E-state index in [2.05, 4.69) is 5.32 Å². The van der Waals surface area contributed by atoms with Gasteiger partial charge in [0, 0.05) is 5.02 Å². The highest BCUT2D eigenvalue weighted by molar-refractivity contribution is 6.35. The highest BCUT2D eigenvalue weighted by Gasteiger charge is 2.14. The molecule has 0 spiro atoms. The van der Waals surface area contributed by atoms with Gasteiger partial charge < -0.3 is 5.32 Å². The van der Waals surface area contributed by atoms with Crippen molar-refractivity contribution in [3.05, 3.63) is 63.1 Å². The van der Waals surface area contributed by atoms with Crippen LogP contribution in [-0.4, -0.2) is 0 Å². The number of benzene rings is 2. The fourth-order valence-electron chi connectivity index (χ4n) is 1.92. The summed E-state index contributed by atoms with van der Waals surface area (Å²) in [4.78, 5) is 0. The minimum absolute atomic E-state index is 0.0348. The van der Waals surface area contributed by atoms with E-state index in [0.29, 0.717) is 16.3 Å². The molecule has 106 valence electrons.